The van der Waals surface area contributed by atoms with Crippen LogP contribution in [0.15, 0.2) is 81.5 Å². The van der Waals surface area contributed by atoms with Gasteiger partial charge in [0.25, 0.3) is 0 Å². The Kier molecular flexibility index (Phi) is 8.12. The number of aryl methyl sites for hydroxylation is 2. The second-order valence-corrected chi connectivity index (χ2v) is 17.0. The van der Waals surface area contributed by atoms with Crippen LogP contribution >= 0.6 is 11.3 Å². The zero-order chi connectivity index (χ0) is 34.7. The number of aromatic amines is 2. The van der Waals surface area contributed by atoms with E-state index in [1.807, 2.05) is 35.0 Å². The maximum absolute atomic E-state index is 11.9. The van der Waals surface area contributed by atoms with E-state index in [0.29, 0.717) is 38.0 Å². The summed E-state index contributed by atoms with van der Waals surface area (Å²) < 4.78 is 47.3. The maximum atomic E-state index is 11.9. The zero-order valence-corrected chi connectivity index (χ0v) is 29.5. The summed E-state index contributed by atoms with van der Waals surface area (Å²) in [5.74, 6) is 0.468. The highest BCUT2D eigenvalue weighted by Crippen LogP contribution is 2.45. The fraction of sp³-hybridized carbons (Fsp3) is 0.200. The third-order valence-corrected chi connectivity index (χ3v) is 11.7. The smallest absolute Gasteiger partial charge is 0.175 e. The third-order valence-electron chi connectivity index (χ3n) is 8.54. The Labute approximate surface area is 286 Å². The molecule has 1 aliphatic rings. The average Bonchev–Trinajstić information content (AvgIpc) is 3.39. The lowest BCUT2D eigenvalue weighted by Crippen LogP contribution is -2.00. The molecule has 8 rings (SSSR count). The minimum Gasteiger partial charge on any atom is -0.504 e. The number of aromatic nitrogens is 6. The molecule has 250 valence electrons. The molecule has 0 radical (unpaired) electrons. The van der Waals surface area contributed by atoms with Gasteiger partial charge in [-0.1, -0.05) is 12.1 Å². The normalized spacial score (nSPS) is 13.5. The SMILES string of the molecule is Cc1cc(-c2ncc(O)c3n[nH]c(C4CC4)c23)ccc1S(C)(=O)=O.Cc1cc(-c2nccc3[nH]nc(-c4ccsc4)c23)ccc1S(C)(=O)=O. The number of nitrogens with zero attached hydrogens (tertiary/aromatic N) is 4. The van der Waals surface area contributed by atoms with Gasteiger partial charge < -0.3 is 5.11 Å². The van der Waals surface area contributed by atoms with E-state index in [4.69, 9.17) is 0 Å². The molecule has 14 heteroatoms. The summed E-state index contributed by atoms with van der Waals surface area (Å²) >= 11 is 1.61. The van der Waals surface area contributed by atoms with E-state index >= 15 is 0 Å². The lowest BCUT2D eigenvalue weighted by atomic mass is 10.0. The van der Waals surface area contributed by atoms with Gasteiger partial charge in [-0.25, -0.2) is 16.8 Å². The van der Waals surface area contributed by atoms with Crippen molar-refractivity contribution in [1.29, 1.82) is 0 Å². The van der Waals surface area contributed by atoms with Gasteiger partial charge in [0.2, 0.25) is 0 Å². The van der Waals surface area contributed by atoms with Gasteiger partial charge in [-0.2, -0.15) is 21.5 Å². The molecule has 1 fully saturated rings. The molecule has 0 spiro atoms. The van der Waals surface area contributed by atoms with E-state index in [9.17, 15) is 21.9 Å². The Balaban J connectivity index is 0.000000154. The van der Waals surface area contributed by atoms with Gasteiger partial charge in [0, 0.05) is 52.4 Å². The van der Waals surface area contributed by atoms with Crippen LogP contribution in [0.1, 0.15) is 35.6 Å². The van der Waals surface area contributed by atoms with Crippen LogP contribution < -0.4 is 0 Å². The summed E-state index contributed by atoms with van der Waals surface area (Å²) in [7, 11) is -6.51. The van der Waals surface area contributed by atoms with Crippen LogP contribution in [0.5, 0.6) is 5.75 Å². The number of hydrogen-bond donors (Lipinski definition) is 3. The monoisotopic (exact) mass is 712 g/mol. The quantitative estimate of drug-likeness (QED) is 0.164. The van der Waals surface area contributed by atoms with Gasteiger partial charge in [0.1, 0.15) is 11.2 Å². The van der Waals surface area contributed by atoms with Crippen molar-refractivity contribution in [2.24, 2.45) is 0 Å². The highest BCUT2D eigenvalue weighted by molar-refractivity contribution is 7.91. The molecule has 11 nitrogen and oxygen atoms in total. The van der Waals surface area contributed by atoms with Gasteiger partial charge in [-0.15, -0.1) is 0 Å². The molecule has 5 aromatic heterocycles. The van der Waals surface area contributed by atoms with Crippen molar-refractivity contribution < 1.29 is 21.9 Å². The molecule has 0 amide bonds. The summed E-state index contributed by atoms with van der Waals surface area (Å²) in [5, 5.41) is 30.6. The van der Waals surface area contributed by atoms with Crippen LogP contribution in [0.3, 0.4) is 0 Å². The van der Waals surface area contributed by atoms with E-state index in [2.05, 4.69) is 30.4 Å². The highest BCUT2D eigenvalue weighted by atomic mass is 32.2. The highest BCUT2D eigenvalue weighted by Gasteiger charge is 2.30. The summed E-state index contributed by atoms with van der Waals surface area (Å²) in [6.07, 6.45) is 7.73. The Hall–Kier alpha value is -4.92. The molecule has 0 bridgehead atoms. The molecule has 0 aliphatic heterocycles. The van der Waals surface area contributed by atoms with E-state index in [1.54, 1.807) is 55.6 Å². The number of H-pyrrole nitrogens is 2. The first-order valence-electron chi connectivity index (χ1n) is 15.3. The average molecular weight is 713 g/mol. The number of nitrogens with one attached hydrogen (secondary N) is 2. The minimum atomic E-state index is -3.26. The number of aromatic hydroxyl groups is 1. The number of sulfone groups is 2. The Morgan fingerprint density at radius 3 is 1.94 bits per heavy atom. The van der Waals surface area contributed by atoms with Gasteiger partial charge in [0.05, 0.1) is 43.7 Å². The van der Waals surface area contributed by atoms with Gasteiger partial charge in [-0.3, -0.25) is 20.2 Å². The lowest BCUT2D eigenvalue weighted by Gasteiger charge is -2.09. The summed E-state index contributed by atoms with van der Waals surface area (Å²) in [6, 6.07) is 14.4. The van der Waals surface area contributed by atoms with Gasteiger partial charge in [-0.05, 0) is 79.6 Å². The standard InChI is InChI=1S/C18H15N3O2S2.C17H17N3O3S/c1-11-9-12(3-4-15(11)25(2,22)23)17-16-14(5-7-19-17)20-21-18(16)13-6-8-24-10-13;1-9-7-11(5-6-13(9)24(2,22)23)15-14-16(10-3-4-10)19-20-17(14)12(21)8-18-15/h3-10H,1-2H3,(H,20,21);5-8,10,21H,3-4H2,1-2H3,(H,19,20). The number of rotatable bonds is 6. The molecule has 0 saturated heterocycles. The third kappa shape index (κ3) is 6.22. The van der Waals surface area contributed by atoms with Gasteiger partial charge in [0.15, 0.2) is 25.4 Å². The predicted molar refractivity (Wildman–Crippen MR) is 191 cm³/mol. The second-order valence-electron chi connectivity index (χ2n) is 12.3. The molecule has 1 saturated carbocycles. The van der Waals surface area contributed by atoms with Crippen LogP contribution in [0.25, 0.3) is 55.6 Å². The fourth-order valence-electron chi connectivity index (χ4n) is 6.14. The van der Waals surface area contributed by atoms with Crippen molar-refractivity contribution in [2.75, 3.05) is 12.5 Å². The van der Waals surface area contributed by atoms with Crippen molar-refractivity contribution in [3.05, 3.63) is 88.5 Å². The number of fused-ring (bicyclic) bond motifs is 2. The van der Waals surface area contributed by atoms with E-state index in [1.165, 1.54) is 18.7 Å². The van der Waals surface area contributed by atoms with Crippen LogP contribution in [0.4, 0.5) is 0 Å². The van der Waals surface area contributed by atoms with E-state index < -0.39 is 19.7 Å². The Morgan fingerprint density at radius 2 is 1.39 bits per heavy atom. The first kappa shape index (κ1) is 32.6. The molecule has 0 atom stereocenters. The molecule has 49 heavy (non-hydrogen) atoms. The first-order chi connectivity index (χ1) is 23.3. The van der Waals surface area contributed by atoms with Crippen molar-refractivity contribution in [1.82, 2.24) is 30.4 Å². The lowest BCUT2D eigenvalue weighted by molar-refractivity contribution is 0.478. The van der Waals surface area contributed by atoms with Crippen molar-refractivity contribution >= 4 is 52.8 Å². The minimum absolute atomic E-state index is 0.0429. The number of hydrogen-bond acceptors (Lipinski definition) is 10. The molecule has 5 heterocycles. The molecule has 3 N–H and O–H groups in total. The van der Waals surface area contributed by atoms with Crippen LogP contribution in [0, 0.1) is 13.8 Å². The van der Waals surface area contributed by atoms with Crippen molar-refractivity contribution in [3.63, 3.8) is 0 Å². The topological polar surface area (TPSA) is 172 Å². The number of thiophene rings is 1. The van der Waals surface area contributed by atoms with Crippen molar-refractivity contribution in [3.8, 4) is 39.5 Å². The van der Waals surface area contributed by atoms with E-state index in [-0.39, 0.29) is 5.75 Å². The predicted octanol–water partition coefficient (Wildman–Crippen LogP) is 6.99. The van der Waals surface area contributed by atoms with E-state index in [0.717, 1.165) is 62.9 Å². The molecule has 7 aromatic rings. The molecular formula is C35H32N6O5S3. The van der Waals surface area contributed by atoms with Crippen LogP contribution in [-0.4, -0.2) is 64.8 Å². The molecular weight excluding hydrogens is 681 g/mol. The maximum Gasteiger partial charge on any atom is 0.175 e. The summed E-state index contributed by atoms with van der Waals surface area (Å²) in [5.41, 5.74) is 8.85. The largest absolute Gasteiger partial charge is 0.504 e. The van der Waals surface area contributed by atoms with Crippen LogP contribution in [-0.2, 0) is 19.7 Å². The van der Waals surface area contributed by atoms with Crippen LogP contribution in [0.2, 0.25) is 0 Å². The summed E-state index contributed by atoms with van der Waals surface area (Å²) in [4.78, 5) is 9.60. The Morgan fingerprint density at radius 1 is 0.755 bits per heavy atom. The number of pyridine rings is 2. The molecule has 1 aliphatic carbocycles. The number of benzene rings is 2. The fourth-order valence-corrected chi connectivity index (χ4v) is 8.70. The second kappa shape index (κ2) is 12.2. The Bertz CT molecular complexity index is 2610. The summed E-state index contributed by atoms with van der Waals surface area (Å²) in [6.45, 7) is 3.57. The van der Waals surface area contributed by atoms with Crippen molar-refractivity contribution in [2.45, 2.75) is 42.4 Å². The first-order valence-corrected chi connectivity index (χ1v) is 20.1. The zero-order valence-electron chi connectivity index (χ0n) is 27.0. The molecule has 2 aromatic carbocycles. The van der Waals surface area contributed by atoms with Gasteiger partial charge >= 0.3 is 0 Å². The molecule has 0 unspecified atom stereocenters.